The van der Waals surface area contributed by atoms with E-state index in [-0.39, 0.29) is 6.61 Å². The maximum absolute atomic E-state index is 12.1. The van der Waals surface area contributed by atoms with E-state index in [9.17, 15) is 9.59 Å². The summed E-state index contributed by atoms with van der Waals surface area (Å²) in [5, 5.41) is 0. The van der Waals surface area contributed by atoms with Crippen molar-refractivity contribution in [1.29, 1.82) is 0 Å². The van der Waals surface area contributed by atoms with Crippen molar-refractivity contribution in [3.63, 3.8) is 0 Å². The number of ether oxygens (including phenoxy) is 2. The molecule has 4 heteroatoms. The van der Waals surface area contributed by atoms with Gasteiger partial charge in [-0.15, -0.1) is 0 Å². The number of benzene rings is 2. The van der Waals surface area contributed by atoms with Gasteiger partial charge in [0.1, 0.15) is 12.4 Å². The van der Waals surface area contributed by atoms with Gasteiger partial charge in [-0.1, -0.05) is 43.0 Å². The number of para-hydroxylation sites is 1. The van der Waals surface area contributed by atoms with E-state index in [1.54, 1.807) is 55.5 Å². The number of carbonyl (C=O) groups excluding carboxylic acids is 2. The van der Waals surface area contributed by atoms with Gasteiger partial charge in [-0.3, -0.25) is 0 Å². The standard InChI is InChI=1S/C18H16O4/c1-13(2)17(19)21-12-15-10-6-7-11-16(15)22-18(20)14-8-4-3-5-9-14/h3-11H,1,12H2,2H3. The molecule has 0 N–H and O–H groups in total. The Bertz CT molecular complexity index is 689. The van der Waals surface area contributed by atoms with Crippen molar-refractivity contribution in [2.24, 2.45) is 0 Å². The van der Waals surface area contributed by atoms with Crippen LogP contribution in [-0.4, -0.2) is 11.9 Å². The molecule has 22 heavy (non-hydrogen) atoms. The van der Waals surface area contributed by atoms with Crippen LogP contribution < -0.4 is 4.74 Å². The van der Waals surface area contributed by atoms with E-state index in [1.807, 2.05) is 6.07 Å². The first-order chi connectivity index (χ1) is 10.6. The van der Waals surface area contributed by atoms with Crippen LogP contribution in [0.2, 0.25) is 0 Å². The summed E-state index contributed by atoms with van der Waals surface area (Å²) in [4.78, 5) is 23.5. The maximum atomic E-state index is 12.1. The molecule has 0 aliphatic rings. The molecule has 4 nitrogen and oxygen atoms in total. The molecule has 2 aromatic carbocycles. The van der Waals surface area contributed by atoms with Gasteiger partial charge in [0.25, 0.3) is 0 Å². The van der Waals surface area contributed by atoms with Crippen molar-refractivity contribution in [3.8, 4) is 5.75 Å². The highest BCUT2D eigenvalue weighted by Gasteiger charge is 2.12. The molecular weight excluding hydrogens is 280 g/mol. The molecule has 0 aliphatic carbocycles. The van der Waals surface area contributed by atoms with Crippen LogP contribution in [0.4, 0.5) is 0 Å². The first kappa shape index (κ1) is 15.5. The molecule has 0 aromatic heterocycles. The summed E-state index contributed by atoms with van der Waals surface area (Å²) >= 11 is 0. The quantitative estimate of drug-likeness (QED) is 0.481. The molecule has 0 atom stereocenters. The summed E-state index contributed by atoms with van der Waals surface area (Å²) in [5.74, 6) is -0.575. The molecular formula is C18H16O4. The first-order valence-electron chi connectivity index (χ1n) is 6.75. The van der Waals surface area contributed by atoms with Gasteiger partial charge < -0.3 is 9.47 Å². The summed E-state index contributed by atoms with van der Waals surface area (Å²) in [7, 11) is 0. The third-order valence-electron chi connectivity index (χ3n) is 2.89. The summed E-state index contributed by atoms with van der Waals surface area (Å²) in [6.07, 6.45) is 0. The maximum Gasteiger partial charge on any atom is 0.343 e. The largest absolute Gasteiger partial charge is 0.457 e. The molecule has 0 unspecified atom stereocenters. The second-order valence-corrected chi connectivity index (χ2v) is 4.72. The van der Waals surface area contributed by atoms with Crippen molar-refractivity contribution in [2.45, 2.75) is 13.5 Å². The minimum atomic E-state index is -0.482. The molecule has 0 bridgehead atoms. The van der Waals surface area contributed by atoms with E-state index in [1.165, 1.54) is 0 Å². The molecule has 112 valence electrons. The lowest BCUT2D eigenvalue weighted by Gasteiger charge is -2.10. The Morgan fingerprint density at radius 2 is 1.64 bits per heavy atom. The number of esters is 2. The Labute approximate surface area is 129 Å². The van der Waals surface area contributed by atoms with E-state index in [0.717, 1.165) is 0 Å². The van der Waals surface area contributed by atoms with Crippen molar-refractivity contribution in [2.75, 3.05) is 0 Å². The zero-order chi connectivity index (χ0) is 15.9. The topological polar surface area (TPSA) is 52.6 Å². The summed E-state index contributed by atoms with van der Waals surface area (Å²) < 4.78 is 10.5. The van der Waals surface area contributed by atoms with Crippen LogP contribution in [0.15, 0.2) is 66.7 Å². The van der Waals surface area contributed by atoms with E-state index < -0.39 is 11.9 Å². The molecule has 0 saturated heterocycles. The minimum absolute atomic E-state index is 0.0178. The number of rotatable bonds is 5. The van der Waals surface area contributed by atoms with Crippen LogP contribution in [0.3, 0.4) is 0 Å². The fourth-order valence-electron chi connectivity index (χ4n) is 1.72. The van der Waals surface area contributed by atoms with Gasteiger partial charge in [0, 0.05) is 11.1 Å². The van der Waals surface area contributed by atoms with Gasteiger partial charge in [-0.05, 0) is 25.1 Å². The van der Waals surface area contributed by atoms with Crippen molar-refractivity contribution in [3.05, 3.63) is 77.9 Å². The highest BCUT2D eigenvalue weighted by molar-refractivity contribution is 5.91. The van der Waals surface area contributed by atoms with E-state index in [4.69, 9.17) is 9.47 Å². The highest BCUT2D eigenvalue weighted by Crippen LogP contribution is 2.20. The fourth-order valence-corrected chi connectivity index (χ4v) is 1.72. The minimum Gasteiger partial charge on any atom is -0.457 e. The third-order valence-corrected chi connectivity index (χ3v) is 2.89. The number of hydrogen-bond acceptors (Lipinski definition) is 4. The Kier molecular flexibility index (Phi) is 5.09. The van der Waals surface area contributed by atoms with Gasteiger partial charge in [0.05, 0.1) is 5.56 Å². The van der Waals surface area contributed by atoms with Crippen LogP contribution in [0.1, 0.15) is 22.8 Å². The van der Waals surface area contributed by atoms with Gasteiger partial charge in [-0.2, -0.15) is 0 Å². The predicted molar refractivity (Wildman–Crippen MR) is 82.5 cm³/mol. The number of hydrogen-bond donors (Lipinski definition) is 0. The van der Waals surface area contributed by atoms with Crippen LogP contribution in [0.5, 0.6) is 5.75 Å². The van der Waals surface area contributed by atoms with E-state index in [2.05, 4.69) is 6.58 Å². The van der Waals surface area contributed by atoms with Gasteiger partial charge in [0.2, 0.25) is 0 Å². The molecule has 0 radical (unpaired) electrons. The van der Waals surface area contributed by atoms with Gasteiger partial charge >= 0.3 is 11.9 Å². The monoisotopic (exact) mass is 296 g/mol. The van der Waals surface area contributed by atoms with Crippen LogP contribution >= 0.6 is 0 Å². The lowest BCUT2D eigenvalue weighted by molar-refractivity contribution is -0.140. The summed E-state index contributed by atoms with van der Waals surface area (Å²) in [6.45, 7) is 5.11. The molecule has 2 aromatic rings. The Hall–Kier alpha value is -2.88. The number of carbonyl (C=O) groups is 2. The summed E-state index contributed by atoms with van der Waals surface area (Å²) in [6, 6.07) is 15.6. The van der Waals surface area contributed by atoms with E-state index in [0.29, 0.717) is 22.4 Å². The molecule has 0 fully saturated rings. The van der Waals surface area contributed by atoms with Crippen LogP contribution in [-0.2, 0) is 16.1 Å². The Morgan fingerprint density at radius 1 is 1.00 bits per heavy atom. The molecule has 0 aliphatic heterocycles. The average molecular weight is 296 g/mol. The van der Waals surface area contributed by atoms with Gasteiger partial charge in [0.15, 0.2) is 0 Å². The van der Waals surface area contributed by atoms with Crippen molar-refractivity contribution in [1.82, 2.24) is 0 Å². The van der Waals surface area contributed by atoms with Crippen LogP contribution in [0, 0.1) is 0 Å². The molecule has 2 rings (SSSR count). The lowest BCUT2D eigenvalue weighted by atomic mass is 10.2. The molecule has 0 spiro atoms. The Morgan fingerprint density at radius 3 is 2.32 bits per heavy atom. The van der Waals surface area contributed by atoms with Crippen LogP contribution in [0.25, 0.3) is 0 Å². The third kappa shape index (κ3) is 4.06. The van der Waals surface area contributed by atoms with Gasteiger partial charge in [-0.25, -0.2) is 9.59 Å². The second kappa shape index (κ2) is 7.22. The lowest BCUT2D eigenvalue weighted by Crippen LogP contribution is -2.11. The average Bonchev–Trinajstić information content (AvgIpc) is 2.54. The van der Waals surface area contributed by atoms with Crippen molar-refractivity contribution >= 4 is 11.9 Å². The smallest absolute Gasteiger partial charge is 0.343 e. The predicted octanol–water partition coefficient (Wildman–Crippen LogP) is 3.53. The first-order valence-corrected chi connectivity index (χ1v) is 6.75. The normalized spacial score (nSPS) is 9.86. The molecule has 0 heterocycles. The SMILES string of the molecule is C=C(C)C(=O)OCc1ccccc1OC(=O)c1ccccc1. The summed E-state index contributed by atoms with van der Waals surface area (Å²) in [5.41, 5.74) is 1.39. The highest BCUT2D eigenvalue weighted by atomic mass is 16.5. The zero-order valence-corrected chi connectivity index (χ0v) is 12.2. The molecule has 0 amide bonds. The second-order valence-electron chi connectivity index (χ2n) is 4.72. The fraction of sp³-hybridized carbons (Fsp3) is 0.111. The zero-order valence-electron chi connectivity index (χ0n) is 12.2. The Balaban J connectivity index is 2.10. The van der Waals surface area contributed by atoms with E-state index >= 15 is 0 Å². The molecule has 0 saturated carbocycles. The van der Waals surface area contributed by atoms with Crippen molar-refractivity contribution < 1.29 is 19.1 Å².